The number of halogens is 4. The van der Waals surface area contributed by atoms with Gasteiger partial charge in [-0.05, 0) is 35.9 Å². The summed E-state index contributed by atoms with van der Waals surface area (Å²) in [6, 6.07) is 11.3. The predicted octanol–water partition coefficient (Wildman–Crippen LogP) is 4.21. The van der Waals surface area contributed by atoms with Crippen LogP contribution in [0.2, 0.25) is 5.02 Å². The summed E-state index contributed by atoms with van der Waals surface area (Å²) in [5.41, 5.74) is 0.362. The van der Waals surface area contributed by atoms with Gasteiger partial charge in [0, 0.05) is 17.1 Å². The number of benzene rings is 2. The lowest BCUT2D eigenvalue weighted by atomic mass is 10.1. The molecule has 2 aromatic carbocycles. The molecular formula is C18H14ClF3N2O. The van der Waals surface area contributed by atoms with Gasteiger partial charge in [0.15, 0.2) is 0 Å². The molecule has 0 aliphatic rings. The predicted molar refractivity (Wildman–Crippen MR) is 90.0 cm³/mol. The summed E-state index contributed by atoms with van der Waals surface area (Å²) >= 11 is 5.77. The molecule has 0 saturated heterocycles. The van der Waals surface area contributed by atoms with Gasteiger partial charge in [0.05, 0.1) is 12.1 Å². The van der Waals surface area contributed by atoms with Crippen molar-refractivity contribution in [1.29, 1.82) is 0 Å². The second-order valence-corrected chi connectivity index (χ2v) is 5.48. The second-order valence-electron chi connectivity index (χ2n) is 5.04. The molecule has 0 atom stereocenters. The van der Waals surface area contributed by atoms with Crippen molar-refractivity contribution in [1.82, 2.24) is 10.6 Å². The first kappa shape index (κ1) is 18.7. The number of hydrogen-bond donors (Lipinski definition) is 2. The molecule has 25 heavy (non-hydrogen) atoms. The van der Waals surface area contributed by atoms with Crippen molar-refractivity contribution in [3.05, 3.63) is 70.2 Å². The van der Waals surface area contributed by atoms with Crippen LogP contribution >= 0.6 is 11.6 Å². The van der Waals surface area contributed by atoms with Crippen molar-refractivity contribution in [2.45, 2.75) is 12.7 Å². The number of alkyl halides is 3. The molecule has 2 N–H and O–H groups in total. The molecule has 0 saturated carbocycles. The number of hydrogen-bond acceptors (Lipinski definition) is 1. The van der Waals surface area contributed by atoms with Crippen LogP contribution in [-0.4, -0.2) is 12.6 Å². The molecule has 2 rings (SSSR count). The maximum atomic E-state index is 12.6. The molecule has 0 spiro atoms. The highest BCUT2D eigenvalue weighted by Gasteiger charge is 2.30. The minimum atomic E-state index is -4.41. The molecule has 0 unspecified atom stereocenters. The van der Waals surface area contributed by atoms with Crippen LogP contribution in [0.4, 0.5) is 18.0 Å². The van der Waals surface area contributed by atoms with Crippen LogP contribution in [0.3, 0.4) is 0 Å². The van der Waals surface area contributed by atoms with Crippen molar-refractivity contribution in [3.63, 3.8) is 0 Å². The van der Waals surface area contributed by atoms with E-state index in [9.17, 15) is 18.0 Å². The molecule has 0 aromatic heterocycles. The molecule has 0 bridgehead atoms. The molecule has 130 valence electrons. The van der Waals surface area contributed by atoms with E-state index in [0.717, 1.165) is 17.7 Å². The highest BCUT2D eigenvalue weighted by molar-refractivity contribution is 6.30. The van der Waals surface area contributed by atoms with Crippen LogP contribution in [0.1, 0.15) is 16.7 Å². The average molecular weight is 367 g/mol. The molecule has 7 heteroatoms. The van der Waals surface area contributed by atoms with Gasteiger partial charge in [-0.3, -0.25) is 0 Å². The van der Waals surface area contributed by atoms with Crippen LogP contribution in [0.5, 0.6) is 0 Å². The fourth-order valence-electron chi connectivity index (χ4n) is 1.89. The lowest BCUT2D eigenvalue weighted by Gasteiger charge is -2.06. The topological polar surface area (TPSA) is 41.1 Å². The average Bonchev–Trinajstić information content (AvgIpc) is 2.58. The molecule has 0 radical (unpaired) electrons. The second kappa shape index (κ2) is 8.45. The molecule has 3 nitrogen and oxygen atoms in total. The summed E-state index contributed by atoms with van der Waals surface area (Å²) in [6.07, 6.45) is -4.41. The van der Waals surface area contributed by atoms with E-state index in [0.29, 0.717) is 11.6 Å². The lowest BCUT2D eigenvalue weighted by molar-refractivity contribution is -0.137. The minimum Gasteiger partial charge on any atom is -0.334 e. The van der Waals surface area contributed by atoms with Gasteiger partial charge in [-0.2, -0.15) is 13.2 Å². The molecular weight excluding hydrogens is 353 g/mol. The highest BCUT2D eigenvalue weighted by Crippen LogP contribution is 2.29. The minimum absolute atomic E-state index is 0.0166. The van der Waals surface area contributed by atoms with Crippen LogP contribution in [0.25, 0.3) is 0 Å². The zero-order valence-corrected chi connectivity index (χ0v) is 13.7. The van der Waals surface area contributed by atoms with Gasteiger partial charge >= 0.3 is 12.2 Å². The summed E-state index contributed by atoms with van der Waals surface area (Å²) < 4.78 is 37.8. The third-order valence-electron chi connectivity index (χ3n) is 3.13. The Morgan fingerprint density at radius 3 is 2.48 bits per heavy atom. The van der Waals surface area contributed by atoms with Gasteiger partial charge in [0.25, 0.3) is 0 Å². The maximum absolute atomic E-state index is 12.6. The molecule has 0 aliphatic heterocycles. The number of nitrogens with one attached hydrogen (secondary N) is 2. The fourth-order valence-corrected chi connectivity index (χ4v) is 2.02. The maximum Gasteiger partial charge on any atom is 0.416 e. The first-order chi connectivity index (χ1) is 11.8. The number of amides is 2. The Labute approximate surface area is 148 Å². The van der Waals surface area contributed by atoms with E-state index in [-0.39, 0.29) is 12.1 Å². The number of carbonyl (C=O) groups is 1. The summed E-state index contributed by atoms with van der Waals surface area (Å²) in [5, 5.41) is 5.75. The summed E-state index contributed by atoms with van der Waals surface area (Å²) in [4.78, 5) is 11.6. The highest BCUT2D eigenvalue weighted by atomic mass is 35.5. The number of urea groups is 1. The Hall–Kier alpha value is -2.65. The molecule has 2 amide bonds. The van der Waals surface area contributed by atoms with Gasteiger partial charge in [-0.25, -0.2) is 4.79 Å². The lowest BCUT2D eigenvalue weighted by Crippen LogP contribution is -2.35. The fraction of sp³-hybridized carbons (Fsp3) is 0.167. The van der Waals surface area contributed by atoms with Crippen molar-refractivity contribution in [2.75, 3.05) is 6.54 Å². The van der Waals surface area contributed by atoms with Crippen molar-refractivity contribution < 1.29 is 18.0 Å². The zero-order chi connectivity index (χ0) is 18.3. The Bertz CT molecular complexity index is 792. The first-order valence-electron chi connectivity index (χ1n) is 7.27. The molecule has 2 aromatic rings. The van der Waals surface area contributed by atoms with Crippen LogP contribution in [0.15, 0.2) is 48.5 Å². The summed E-state index contributed by atoms with van der Waals surface area (Å²) in [7, 11) is 0. The van der Waals surface area contributed by atoms with Gasteiger partial charge in [-0.15, -0.1) is 0 Å². The standard InChI is InChI=1S/C18H14ClF3N2O/c19-16-8-6-14(7-9-16)12-24-17(25)23-10-2-4-13-3-1-5-15(11-13)18(20,21)22/h1,3,5-9,11H,10,12H2,(H2,23,24,25). The third kappa shape index (κ3) is 6.40. The van der Waals surface area contributed by atoms with Crippen molar-refractivity contribution in [3.8, 4) is 11.8 Å². The van der Waals surface area contributed by atoms with E-state index in [1.165, 1.54) is 12.1 Å². The molecule has 0 fully saturated rings. The Morgan fingerprint density at radius 1 is 1.08 bits per heavy atom. The number of carbonyl (C=O) groups excluding carboxylic acids is 1. The smallest absolute Gasteiger partial charge is 0.334 e. The van der Waals surface area contributed by atoms with E-state index < -0.39 is 17.8 Å². The quantitative estimate of drug-likeness (QED) is 0.785. The van der Waals surface area contributed by atoms with Crippen LogP contribution in [0, 0.1) is 11.8 Å². The van der Waals surface area contributed by atoms with Crippen LogP contribution < -0.4 is 10.6 Å². The van der Waals surface area contributed by atoms with Crippen molar-refractivity contribution in [2.24, 2.45) is 0 Å². The van der Waals surface area contributed by atoms with Crippen molar-refractivity contribution >= 4 is 17.6 Å². The largest absolute Gasteiger partial charge is 0.416 e. The normalized spacial score (nSPS) is 10.6. The third-order valence-corrected chi connectivity index (χ3v) is 3.38. The van der Waals surface area contributed by atoms with E-state index in [4.69, 9.17) is 11.6 Å². The summed E-state index contributed by atoms with van der Waals surface area (Å²) in [5.74, 6) is 5.20. The Morgan fingerprint density at radius 2 is 1.80 bits per heavy atom. The van der Waals surface area contributed by atoms with Gasteiger partial charge in [0.1, 0.15) is 0 Å². The molecule has 0 aliphatic carbocycles. The number of rotatable bonds is 3. The van der Waals surface area contributed by atoms with Gasteiger partial charge in [0.2, 0.25) is 0 Å². The molecule has 0 heterocycles. The van der Waals surface area contributed by atoms with E-state index in [2.05, 4.69) is 22.5 Å². The van der Waals surface area contributed by atoms with Gasteiger partial charge in [-0.1, -0.05) is 41.6 Å². The zero-order valence-electron chi connectivity index (χ0n) is 13.0. The van der Waals surface area contributed by atoms with E-state index >= 15 is 0 Å². The van der Waals surface area contributed by atoms with Gasteiger partial charge < -0.3 is 10.6 Å². The van der Waals surface area contributed by atoms with E-state index in [1.54, 1.807) is 24.3 Å². The van der Waals surface area contributed by atoms with E-state index in [1.807, 2.05) is 0 Å². The first-order valence-corrected chi connectivity index (χ1v) is 7.64. The van der Waals surface area contributed by atoms with Crippen LogP contribution in [-0.2, 0) is 12.7 Å². The Balaban J connectivity index is 1.80. The SMILES string of the molecule is O=C(NCC#Cc1cccc(C(F)(F)F)c1)NCc1ccc(Cl)cc1. The monoisotopic (exact) mass is 366 g/mol. The Kier molecular flexibility index (Phi) is 6.31. The summed E-state index contributed by atoms with van der Waals surface area (Å²) in [6.45, 7) is 0.340.